The molecule has 0 spiro atoms. The Bertz CT molecular complexity index is 329. The number of halogens is 1. The van der Waals surface area contributed by atoms with Gasteiger partial charge in [0, 0.05) is 12.6 Å². The van der Waals surface area contributed by atoms with Gasteiger partial charge in [-0.1, -0.05) is 18.5 Å². The first-order valence-electron chi connectivity index (χ1n) is 5.14. The summed E-state index contributed by atoms with van der Waals surface area (Å²) in [7, 11) is 0. The predicted octanol–water partition coefficient (Wildman–Crippen LogP) is 2.34. The molecule has 1 aromatic rings. The number of anilines is 2. The molecule has 2 N–H and O–H groups in total. The molecule has 15 heavy (non-hydrogen) atoms. The second kappa shape index (κ2) is 5.16. The summed E-state index contributed by atoms with van der Waals surface area (Å²) in [5, 5.41) is 0.548. The van der Waals surface area contributed by atoms with Crippen molar-refractivity contribution in [2.45, 2.75) is 33.2 Å². The SMILES string of the molecule is CCC(C)N(CC)c1nc(N)ncc1Cl. The Hall–Kier alpha value is -1.03. The lowest BCUT2D eigenvalue weighted by Gasteiger charge is -2.28. The maximum absolute atomic E-state index is 6.05. The second-order valence-electron chi connectivity index (χ2n) is 3.44. The number of hydrogen-bond acceptors (Lipinski definition) is 4. The largest absolute Gasteiger partial charge is 0.368 e. The van der Waals surface area contributed by atoms with Gasteiger partial charge in [-0.2, -0.15) is 4.98 Å². The summed E-state index contributed by atoms with van der Waals surface area (Å²) in [6.07, 6.45) is 2.58. The highest BCUT2D eigenvalue weighted by molar-refractivity contribution is 6.32. The molecule has 0 radical (unpaired) electrons. The van der Waals surface area contributed by atoms with Crippen molar-refractivity contribution in [3.05, 3.63) is 11.2 Å². The van der Waals surface area contributed by atoms with E-state index in [4.69, 9.17) is 17.3 Å². The first-order valence-corrected chi connectivity index (χ1v) is 5.52. The first-order chi connectivity index (χ1) is 7.10. The Morgan fingerprint density at radius 2 is 2.20 bits per heavy atom. The Labute approximate surface area is 95.5 Å². The topological polar surface area (TPSA) is 55.0 Å². The molecule has 0 saturated carbocycles. The van der Waals surface area contributed by atoms with Gasteiger partial charge in [0.2, 0.25) is 5.95 Å². The fourth-order valence-electron chi connectivity index (χ4n) is 1.46. The molecule has 0 aliphatic heterocycles. The smallest absolute Gasteiger partial charge is 0.222 e. The van der Waals surface area contributed by atoms with Crippen molar-refractivity contribution < 1.29 is 0 Å². The number of nitrogen functional groups attached to an aromatic ring is 1. The van der Waals surface area contributed by atoms with E-state index in [1.54, 1.807) is 6.20 Å². The van der Waals surface area contributed by atoms with Crippen molar-refractivity contribution in [2.75, 3.05) is 17.2 Å². The van der Waals surface area contributed by atoms with Crippen LogP contribution in [0.15, 0.2) is 6.20 Å². The minimum absolute atomic E-state index is 0.260. The minimum atomic E-state index is 0.260. The molecule has 0 bridgehead atoms. The zero-order valence-electron chi connectivity index (χ0n) is 9.37. The van der Waals surface area contributed by atoms with Crippen LogP contribution in [-0.4, -0.2) is 22.6 Å². The quantitative estimate of drug-likeness (QED) is 0.860. The van der Waals surface area contributed by atoms with Gasteiger partial charge in [0.15, 0.2) is 5.82 Å². The molecule has 1 aromatic heterocycles. The molecule has 0 aliphatic carbocycles. The molecule has 0 amide bonds. The van der Waals surface area contributed by atoms with Gasteiger partial charge in [-0.05, 0) is 20.3 Å². The monoisotopic (exact) mass is 228 g/mol. The van der Waals surface area contributed by atoms with Gasteiger partial charge in [0.05, 0.1) is 6.20 Å². The van der Waals surface area contributed by atoms with Gasteiger partial charge >= 0.3 is 0 Å². The number of nitrogens with zero attached hydrogens (tertiary/aromatic N) is 3. The van der Waals surface area contributed by atoms with Crippen molar-refractivity contribution in [2.24, 2.45) is 0 Å². The highest BCUT2D eigenvalue weighted by atomic mass is 35.5. The van der Waals surface area contributed by atoms with E-state index < -0.39 is 0 Å². The summed E-state index contributed by atoms with van der Waals surface area (Å²) in [4.78, 5) is 10.1. The third kappa shape index (κ3) is 2.72. The zero-order chi connectivity index (χ0) is 11.4. The third-order valence-electron chi connectivity index (χ3n) is 2.48. The van der Waals surface area contributed by atoms with Crippen LogP contribution < -0.4 is 10.6 Å². The number of nitrogens with two attached hydrogens (primary N) is 1. The van der Waals surface area contributed by atoms with E-state index >= 15 is 0 Å². The fourth-order valence-corrected chi connectivity index (χ4v) is 1.66. The van der Waals surface area contributed by atoms with Gasteiger partial charge in [-0.25, -0.2) is 4.98 Å². The minimum Gasteiger partial charge on any atom is -0.368 e. The molecule has 1 unspecified atom stereocenters. The molecule has 1 heterocycles. The molecule has 1 rings (SSSR count). The Morgan fingerprint density at radius 1 is 1.53 bits per heavy atom. The molecule has 1 atom stereocenters. The molecule has 0 aromatic carbocycles. The van der Waals surface area contributed by atoms with E-state index in [2.05, 4.69) is 35.6 Å². The lowest BCUT2D eigenvalue weighted by atomic mass is 10.2. The van der Waals surface area contributed by atoms with Crippen LogP contribution in [0.4, 0.5) is 11.8 Å². The molecule has 84 valence electrons. The second-order valence-corrected chi connectivity index (χ2v) is 3.85. The normalized spacial score (nSPS) is 12.5. The van der Waals surface area contributed by atoms with Crippen molar-refractivity contribution in [3.8, 4) is 0 Å². The van der Waals surface area contributed by atoms with Crippen LogP contribution in [0.25, 0.3) is 0 Å². The molecule has 5 heteroatoms. The summed E-state index contributed by atoms with van der Waals surface area (Å²) in [5.41, 5.74) is 5.55. The van der Waals surface area contributed by atoms with E-state index in [9.17, 15) is 0 Å². The third-order valence-corrected chi connectivity index (χ3v) is 2.75. The van der Waals surface area contributed by atoms with Crippen LogP contribution in [0.5, 0.6) is 0 Å². The Balaban J connectivity index is 3.05. The summed E-state index contributed by atoms with van der Waals surface area (Å²) < 4.78 is 0. The van der Waals surface area contributed by atoms with Crippen LogP contribution in [-0.2, 0) is 0 Å². The number of aromatic nitrogens is 2. The van der Waals surface area contributed by atoms with E-state index in [1.807, 2.05) is 0 Å². The molecular formula is C10H17ClN4. The van der Waals surface area contributed by atoms with Gasteiger partial charge in [-0.15, -0.1) is 0 Å². The standard InChI is InChI=1S/C10H17ClN4/c1-4-7(3)15(5-2)9-8(11)6-13-10(12)14-9/h6-7H,4-5H2,1-3H3,(H2,12,13,14). The van der Waals surface area contributed by atoms with Crippen molar-refractivity contribution in [1.29, 1.82) is 0 Å². The summed E-state index contributed by atoms with van der Waals surface area (Å²) in [5.74, 6) is 0.983. The summed E-state index contributed by atoms with van der Waals surface area (Å²) in [6.45, 7) is 7.19. The number of hydrogen-bond donors (Lipinski definition) is 1. The average Bonchev–Trinajstić information content (AvgIpc) is 2.23. The Kier molecular flexibility index (Phi) is 4.15. The van der Waals surface area contributed by atoms with Crippen LogP contribution in [0.1, 0.15) is 27.2 Å². The maximum Gasteiger partial charge on any atom is 0.222 e. The summed E-state index contributed by atoms with van der Waals surface area (Å²) >= 11 is 6.05. The zero-order valence-corrected chi connectivity index (χ0v) is 10.1. The van der Waals surface area contributed by atoms with Crippen molar-refractivity contribution in [1.82, 2.24) is 9.97 Å². The van der Waals surface area contributed by atoms with Crippen LogP contribution in [0.2, 0.25) is 5.02 Å². The number of rotatable bonds is 4. The molecule has 4 nitrogen and oxygen atoms in total. The van der Waals surface area contributed by atoms with E-state index in [-0.39, 0.29) is 5.95 Å². The average molecular weight is 229 g/mol. The van der Waals surface area contributed by atoms with Gasteiger partial charge < -0.3 is 10.6 Å². The van der Waals surface area contributed by atoms with Crippen LogP contribution in [0.3, 0.4) is 0 Å². The Morgan fingerprint density at radius 3 is 2.73 bits per heavy atom. The van der Waals surface area contributed by atoms with E-state index in [0.717, 1.165) is 18.8 Å². The van der Waals surface area contributed by atoms with Crippen LogP contribution >= 0.6 is 11.6 Å². The fraction of sp³-hybridized carbons (Fsp3) is 0.600. The van der Waals surface area contributed by atoms with Crippen molar-refractivity contribution >= 4 is 23.4 Å². The van der Waals surface area contributed by atoms with E-state index in [1.165, 1.54) is 0 Å². The van der Waals surface area contributed by atoms with Crippen LogP contribution in [0, 0.1) is 0 Å². The van der Waals surface area contributed by atoms with Gasteiger partial charge in [0.25, 0.3) is 0 Å². The lowest BCUT2D eigenvalue weighted by molar-refractivity contribution is 0.623. The maximum atomic E-state index is 6.05. The highest BCUT2D eigenvalue weighted by Crippen LogP contribution is 2.25. The molecular weight excluding hydrogens is 212 g/mol. The highest BCUT2D eigenvalue weighted by Gasteiger charge is 2.16. The first kappa shape index (κ1) is 12.0. The lowest BCUT2D eigenvalue weighted by Crippen LogP contribution is -2.33. The van der Waals surface area contributed by atoms with Gasteiger partial charge in [0.1, 0.15) is 5.02 Å². The molecule has 0 saturated heterocycles. The summed E-state index contributed by atoms with van der Waals surface area (Å²) in [6, 6.07) is 0.391. The van der Waals surface area contributed by atoms with E-state index in [0.29, 0.717) is 11.1 Å². The molecule has 0 fully saturated rings. The predicted molar refractivity (Wildman–Crippen MR) is 64.2 cm³/mol. The van der Waals surface area contributed by atoms with Gasteiger partial charge in [-0.3, -0.25) is 0 Å². The van der Waals surface area contributed by atoms with Crippen molar-refractivity contribution in [3.63, 3.8) is 0 Å². The molecule has 0 aliphatic rings.